The first-order valence-electron chi connectivity index (χ1n) is 5.57. The van der Waals surface area contributed by atoms with Crippen LogP contribution in [0, 0.1) is 0 Å². The van der Waals surface area contributed by atoms with Gasteiger partial charge in [-0.05, 0) is 17.7 Å². The number of hydrogen-bond donors (Lipinski definition) is 1. The largest absolute Gasteiger partial charge is 0.380 e. The van der Waals surface area contributed by atoms with Gasteiger partial charge in [0.1, 0.15) is 0 Å². The first-order chi connectivity index (χ1) is 8.75. The lowest BCUT2D eigenvalue weighted by Gasteiger charge is -2.11. The van der Waals surface area contributed by atoms with Crippen LogP contribution in [0.1, 0.15) is 5.56 Å². The molecule has 1 nitrogen and oxygen atoms in total. The van der Waals surface area contributed by atoms with E-state index in [1.54, 1.807) is 12.1 Å². The van der Waals surface area contributed by atoms with Gasteiger partial charge in [0, 0.05) is 17.1 Å². The molecular formula is C14H13F2NS. The summed E-state index contributed by atoms with van der Waals surface area (Å²) in [6.45, 7) is 0.627. The Bertz CT molecular complexity index is 488. The van der Waals surface area contributed by atoms with Gasteiger partial charge in [-0.3, -0.25) is 0 Å². The van der Waals surface area contributed by atoms with E-state index in [-0.39, 0.29) is 0 Å². The van der Waals surface area contributed by atoms with Crippen molar-refractivity contribution in [2.45, 2.75) is 17.2 Å². The Morgan fingerprint density at radius 3 is 2.33 bits per heavy atom. The van der Waals surface area contributed by atoms with Crippen molar-refractivity contribution in [3.8, 4) is 0 Å². The van der Waals surface area contributed by atoms with E-state index in [2.05, 4.69) is 5.32 Å². The van der Waals surface area contributed by atoms with Crippen molar-refractivity contribution < 1.29 is 8.78 Å². The van der Waals surface area contributed by atoms with E-state index >= 15 is 0 Å². The van der Waals surface area contributed by atoms with Gasteiger partial charge in [0.05, 0.1) is 0 Å². The molecule has 2 aromatic rings. The Hall–Kier alpha value is -1.55. The van der Waals surface area contributed by atoms with Gasteiger partial charge in [0.2, 0.25) is 0 Å². The summed E-state index contributed by atoms with van der Waals surface area (Å²) < 4.78 is 24.8. The fraction of sp³-hybridized carbons (Fsp3) is 0.143. The molecule has 0 aliphatic carbocycles. The number of halogens is 2. The SMILES string of the molecule is FC(F)Sc1ccccc1NCc1ccccc1. The maximum absolute atomic E-state index is 12.4. The molecule has 0 aromatic heterocycles. The number of anilines is 1. The van der Waals surface area contributed by atoms with Crippen molar-refractivity contribution in [1.82, 2.24) is 0 Å². The maximum atomic E-state index is 12.4. The number of alkyl halides is 2. The lowest BCUT2D eigenvalue weighted by atomic mass is 10.2. The molecular weight excluding hydrogens is 252 g/mol. The molecule has 0 heterocycles. The summed E-state index contributed by atoms with van der Waals surface area (Å²) in [4.78, 5) is 0.573. The molecule has 0 saturated heterocycles. The molecule has 2 aromatic carbocycles. The first-order valence-corrected chi connectivity index (χ1v) is 6.45. The standard InChI is InChI=1S/C14H13F2NS/c15-14(16)18-13-9-5-4-8-12(13)17-10-11-6-2-1-3-7-11/h1-9,14,17H,10H2. The summed E-state index contributed by atoms with van der Waals surface area (Å²) in [5.41, 5.74) is 1.86. The van der Waals surface area contributed by atoms with Gasteiger partial charge in [0.15, 0.2) is 0 Å². The molecule has 0 fully saturated rings. The topological polar surface area (TPSA) is 12.0 Å². The van der Waals surface area contributed by atoms with E-state index in [0.717, 1.165) is 11.3 Å². The van der Waals surface area contributed by atoms with Crippen molar-refractivity contribution >= 4 is 17.4 Å². The summed E-state index contributed by atoms with van der Waals surface area (Å²) in [7, 11) is 0. The molecule has 94 valence electrons. The molecule has 0 spiro atoms. The van der Waals surface area contributed by atoms with Crippen LogP contribution in [-0.4, -0.2) is 5.76 Å². The zero-order chi connectivity index (χ0) is 12.8. The van der Waals surface area contributed by atoms with Crippen LogP contribution in [0.3, 0.4) is 0 Å². The molecule has 18 heavy (non-hydrogen) atoms. The predicted octanol–water partition coefficient (Wildman–Crippen LogP) is 4.61. The van der Waals surface area contributed by atoms with E-state index in [0.29, 0.717) is 23.2 Å². The average Bonchev–Trinajstić information content (AvgIpc) is 2.38. The van der Waals surface area contributed by atoms with Crippen molar-refractivity contribution in [1.29, 1.82) is 0 Å². The van der Waals surface area contributed by atoms with Gasteiger partial charge in [0.25, 0.3) is 5.76 Å². The van der Waals surface area contributed by atoms with Crippen LogP contribution >= 0.6 is 11.8 Å². The van der Waals surface area contributed by atoms with Gasteiger partial charge >= 0.3 is 0 Å². The Morgan fingerprint density at radius 2 is 1.61 bits per heavy atom. The van der Waals surface area contributed by atoms with Crippen molar-refractivity contribution in [2.24, 2.45) is 0 Å². The minimum Gasteiger partial charge on any atom is -0.380 e. The number of hydrogen-bond acceptors (Lipinski definition) is 2. The zero-order valence-corrected chi connectivity index (χ0v) is 10.5. The van der Waals surface area contributed by atoms with Gasteiger partial charge in [-0.25, -0.2) is 0 Å². The third-order valence-electron chi connectivity index (χ3n) is 2.43. The van der Waals surface area contributed by atoms with Crippen LogP contribution in [-0.2, 0) is 6.54 Å². The van der Waals surface area contributed by atoms with E-state index in [1.807, 2.05) is 42.5 Å². The highest BCUT2D eigenvalue weighted by atomic mass is 32.2. The molecule has 2 rings (SSSR count). The van der Waals surface area contributed by atoms with E-state index < -0.39 is 5.76 Å². The predicted molar refractivity (Wildman–Crippen MR) is 72.1 cm³/mol. The van der Waals surface area contributed by atoms with Crippen molar-refractivity contribution in [2.75, 3.05) is 5.32 Å². The minimum absolute atomic E-state index is 0.564. The highest BCUT2D eigenvalue weighted by Crippen LogP contribution is 2.31. The smallest absolute Gasteiger partial charge is 0.288 e. The Balaban J connectivity index is 2.05. The van der Waals surface area contributed by atoms with Crippen LogP contribution in [0.4, 0.5) is 14.5 Å². The molecule has 0 aliphatic heterocycles. The lowest BCUT2D eigenvalue weighted by Crippen LogP contribution is -2.00. The zero-order valence-electron chi connectivity index (χ0n) is 9.64. The summed E-state index contributed by atoms with van der Waals surface area (Å²) in [6, 6.07) is 17.0. The van der Waals surface area contributed by atoms with Gasteiger partial charge in [-0.15, -0.1) is 0 Å². The first kappa shape index (κ1) is 12.9. The number of nitrogens with one attached hydrogen (secondary N) is 1. The summed E-state index contributed by atoms with van der Waals surface area (Å²) in [6.07, 6.45) is 0. The van der Waals surface area contributed by atoms with Crippen LogP contribution in [0.2, 0.25) is 0 Å². The normalized spacial score (nSPS) is 10.6. The molecule has 0 atom stereocenters. The third kappa shape index (κ3) is 3.74. The second kappa shape index (κ2) is 6.40. The average molecular weight is 265 g/mol. The fourth-order valence-corrected chi connectivity index (χ4v) is 2.22. The second-order valence-corrected chi connectivity index (χ2v) is 4.75. The Kier molecular flexibility index (Phi) is 4.59. The van der Waals surface area contributed by atoms with Gasteiger partial charge in [-0.2, -0.15) is 8.78 Å². The van der Waals surface area contributed by atoms with E-state index in [9.17, 15) is 8.78 Å². The number of thioether (sulfide) groups is 1. The maximum Gasteiger partial charge on any atom is 0.288 e. The third-order valence-corrected chi connectivity index (χ3v) is 3.22. The number of benzene rings is 2. The van der Waals surface area contributed by atoms with Crippen molar-refractivity contribution in [3.05, 3.63) is 60.2 Å². The number of rotatable bonds is 5. The summed E-state index contributed by atoms with van der Waals surface area (Å²) >= 11 is 0.564. The Morgan fingerprint density at radius 1 is 0.944 bits per heavy atom. The van der Waals surface area contributed by atoms with Gasteiger partial charge < -0.3 is 5.32 Å². The fourth-order valence-electron chi connectivity index (χ4n) is 1.60. The molecule has 0 radical (unpaired) electrons. The molecule has 1 N–H and O–H groups in total. The molecule has 0 saturated carbocycles. The molecule has 0 unspecified atom stereocenters. The van der Waals surface area contributed by atoms with Crippen LogP contribution in [0.15, 0.2) is 59.5 Å². The highest BCUT2D eigenvalue weighted by Gasteiger charge is 2.08. The second-order valence-electron chi connectivity index (χ2n) is 3.71. The van der Waals surface area contributed by atoms with Crippen LogP contribution < -0.4 is 5.32 Å². The van der Waals surface area contributed by atoms with Crippen molar-refractivity contribution in [3.63, 3.8) is 0 Å². The Labute approximate surface area is 109 Å². The summed E-state index contributed by atoms with van der Waals surface area (Å²) in [5.74, 6) is -2.40. The quantitative estimate of drug-likeness (QED) is 0.792. The molecule has 0 bridgehead atoms. The van der Waals surface area contributed by atoms with Crippen LogP contribution in [0.5, 0.6) is 0 Å². The van der Waals surface area contributed by atoms with Crippen LogP contribution in [0.25, 0.3) is 0 Å². The summed E-state index contributed by atoms with van der Waals surface area (Å²) in [5, 5.41) is 3.18. The number of para-hydroxylation sites is 1. The van der Waals surface area contributed by atoms with E-state index in [1.165, 1.54) is 0 Å². The molecule has 0 amide bonds. The highest BCUT2D eigenvalue weighted by molar-refractivity contribution is 7.99. The van der Waals surface area contributed by atoms with E-state index in [4.69, 9.17) is 0 Å². The molecule has 4 heteroatoms. The minimum atomic E-state index is -2.40. The lowest BCUT2D eigenvalue weighted by molar-refractivity contribution is 0.252. The van der Waals surface area contributed by atoms with Gasteiger partial charge in [-0.1, -0.05) is 54.2 Å². The molecule has 0 aliphatic rings. The monoisotopic (exact) mass is 265 g/mol.